The third-order valence-electron chi connectivity index (χ3n) is 3.10. The molecule has 5 nitrogen and oxygen atoms in total. The van der Waals surface area contributed by atoms with E-state index in [1.165, 1.54) is 0 Å². The number of rotatable bonds is 8. The summed E-state index contributed by atoms with van der Waals surface area (Å²) in [6.07, 6.45) is 2.68. The average Bonchev–Trinajstić information content (AvgIpc) is 2.43. The van der Waals surface area contributed by atoms with Crippen LogP contribution in [0, 0.1) is 0 Å². The summed E-state index contributed by atoms with van der Waals surface area (Å²) in [7, 11) is 1.91. The van der Waals surface area contributed by atoms with E-state index in [2.05, 4.69) is 0 Å². The molecule has 0 amide bonds. The Balaban J connectivity index is 2.83. The molecule has 0 aromatic heterocycles. The summed E-state index contributed by atoms with van der Waals surface area (Å²) in [6, 6.07) is 5.26. The minimum Gasteiger partial charge on any atom is -0.462 e. The Morgan fingerprint density at radius 3 is 2.75 bits per heavy atom. The second-order valence-corrected chi connectivity index (χ2v) is 4.67. The molecule has 0 fully saturated rings. The summed E-state index contributed by atoms with van der Waals surface area (Å²) in [6.45, 7) is 3.11. The van der Waals surface area contributed by atoms with Gasteiger partial charge in [0.1, 0.15) is 0 Å². The monoisotopic (exact) mass is 280 g/mol. The van der Waals surface area contributed by atoms with Crippen LogP contribution >= 0.6 is 0 Å². The van der Waals surface area contributed by atoms with Crippen LogP contribution < -0.4 is 10.6 Å². The summed E-state index contributed by atoms with van der Waals surface area (Å²) in [5.41, 5.74) is 7.78. The lowest BCUT2D eigenvalue weighted by atomic mass is 10.1. The lowest BCUT2D eigenvalue weighted by Gasteiger charge is -2.23. The van der Waals surface area contributed by atoms with Crippen LogP contribution in [0.3, 0.4) is 0 Å². The number of hydrogen-bond acceptors (Lipinski definition) is 5. The molecule has 112 valence electrons. The molecule has 0 atom stereocenters. The van der Waals surface area contributed by atoms with Crippen LogP contribution in [-0.2, 0) is 4.74 Å². The van der Waals surface area contributed by atoms with Crippen molar-refractivity contribution in [3.05, 3.63) is 23.8 Å². The molecular formula is C15H24N2O3. The van der Waals surface area contributed by atoms with Crippen molar-refractivity contribution in [1.29, 1.82) is 0 Å². The van der Waals surface area contributed by atoms with Crippen LogP contribution in [0.1, 0.15) is 36.5 Å². The Hall–Kier alpha value is -1.75. The number of ether oxygens (including phenoxy) is 1. The number of para-hydroxylation sites is 1. The normalized spacial score (nSPS) is 10.3. The largest absolute Gasteiger partial charge is 0.462 e. The smallest absolute Gasteiger partial charge is 0.340 e. The first-order chi connectivity index (χ1) is 9.61. The van der Waals surface area contributed by atoms with E-state index >= 15 is 0 Å². The lowest BCUT2D eigenvalue weighted by molar-refractivity contribution is 0.0527. The van der Waals surface area contributed by atoms with Gasteiger partial charge in [-0.25, -0.2) is 4.79 Å². The fraction of sp³-hybridized carbons (Fsp3) is 0.533. The van der Waals surface area contributed by atoms with Crippen molar-refractivity contribution in [3.8, 4) is 0 Å². The molecule has 0 aliphatic rings. The summed E-state index contributed by atoms with van der Waals surface area (Å²) >= 11 is 0. The number of carbonyl (C=O) groups is 1. The van der Waals surface area contributed by atoms with Crippen molar-refractivity contribution in [2.24, 2.45) is 0 Å². The minimum absolute atomic E-state index is 0.214. The first kappa shape index (κ1) is 16.3. The van der Waals surface area contributed by atoms with Gasteiger partial charge in [-0.2, -0.15) is 0 Å². The molecule has 0 spiro atoms. The maximum absolute atomic E-state index is 12.0. The molecule has 3 N–H and O–H groups in total. The maximum atomic E-state index is 12.0. The second kappa shape index (κ2) is 8.43. The topological polar surface area (TPSA) is 75.8 Å². The number of hydrogen-bond donors (Lipinski definition) is 2. The molecule has 1 aromatic carbocycles. The molecule has 5 heteroatoms. The van der Waals surface area contributed by atoms with Gasteiger partial charge in [-0.15, -0.1) is 0 Å². The van der Waals surface area contributed by atoms with E-state index in [-0.39, 0.29) is 12.6 Å². The van der Waals surface area contributed by atoms with Crippen molar-refractivity contribution < 1.29 is 14.6 Å². The fourth-order valence-corrected chi connectivity index (χ4v) is 2.11. The van der Waals surface area contributed by atoms with Crippen molar-refractivity contribution in [1.82, 2.24) is 0 Å². The summed E-state index contributed by atoms with van der Waals surface area (Å²) in [4.78, 5) is 13.9. The molecule has 0 aliphatic heterocycles. The number of nitrogen functional groups attached to an aromatic ring is 1. The van der Waals surface area contributed by atoms with Crippen molar-refractivity contribution in [2.75, 3.05) is 37.4 Å². The molecular weight excluding hydrogens is 256 g/mol. The quantitative estimate of drug-likeness (QED) is 0.433. The number of benzene rings is 1. The number of esters is 1. The zero-order chi connectivity index (χ0) is 15.0. The molecule has 0 unspecified atom stereocenters. The molecule has 0 radical (unpaired) electrons. The van der Waals surface area contributed by atoms with Gasteiger partial charge in [0.25, 0.3) is 0 Å². The molecule has 20 heavy (non-hydrogen) atoms. The standard InChI is InChI=1S/C15H24N2O3/c1-3-20-15(19)12-8-7-9-13(16)14(12)17(2)10-5-4-6-11-18/h7-9,18H,3-6,10-11,16H2,1-2H3. The minimum atomic E-state index is -0.350. The molecule has 0 saturated carbocycles. The molecule has 0 heterocycles. The first-order valence-corrected chi connectivity index (χ1v) is 6.99. The molecule has 0 saturated heterocycles. The highest BCUT2D eigenvalue weighted by Crippen LogP contribution is 2.28. The Morgan fingerprint density at radius 1 is 1.35 bits per heavy atom. The van der Waals surface area contributed by atoms with Gasteiger partial charge in [-0.1, -0.05) is 6.07 Å². The second-order valence-electron chi connectivity index (χ2n) is 4.67. The van der Waals surface area contributed by atoms with E-state index in [0.29, 0.717) is 17.9 Å². The molecule has 0 bridgehead atoms. The summed E-state index contributed by atoms with van der Waals surface area (Å²) in [5.74, 6) is -0.350. The van der Waals surface area contributed by atoms with Gasteiger partial charge in [-0.05, 0) is 38.3 Å². The number of carbonyl (C=O) groups excluding carboxylic acids is 1. The number of unbranched alkanes of at least 4 members (excludes halogenated alkanes) is 2. The van der Waals surface area contributed by atoms with Crippen LogP contribution in [0.25, 0.3) is 0 Å². The van der Waals surface area contributed by atoms with E-state index in [9.17, 15) is 4.79 Å². The van der Waals surface area contributed by atoms with Gasteiger partial charge in [0, 0.05) is 20.2 Å². The Bertz CT molecular complexity index is 435. The van der Waals surface area contributed by atoms with E-state index in [1.807, 2.05) is 11.9 Å². The number of aliphatic hydroxyl groups is 1. The van der Waals surface area contributed by atoms with Gasteiger partial charge in [0.05, 0.1) is 23.5 Å². The zero-order valence-corrected chi connectivity index (χ0v) is 12.3. The van der Waals surface area contributed by atoms with Crippen LogP contribution in [-0.4, -0.2) is 37.9 Å². The summed E-state index contributed by atoms with van der Waals surface area (Å²) < 4.78 is 5.06. The van der Waals surface area contributed by atoms with Gasteiger partial charge < -0.3 is 20.5 Å². The molecule has 0 aliphatic carbocycles. The average molecular weight is 280 g/mol. The van der Waals surface area contributed by atoms with Crippen LogP contribution in [0.2, 0.25) is 0 Å². The number of nitrogens with zero attached hydrogens (tertiary/aromatic N) is 1. The zero-order valence-electron chi connectivity index (χ0n) is 12.3. The van der Waals surface area contributed by atoms with Crippen LogP contribution in [0.4, 0.5) is 11.4 Å². The number of nitrogens with two attached hydrogens (primary N) is 1. The van der Waals surface area contributed by atoms with Gasteiger partial charge in [0.2, 0.25) is 0 Å². The van der Waals surface area contributed by atoms with Crippen LogP contribution in [0.15, 0.2) is 18.2 Å². The third-order valence-corrected chi connectivity index (χ3v) is 3.10. The van der Waals surface area contributed by atoms with Crippen molar-refractivity contribution >= 4 is 17.3 Å². The van der Waals surface area contributed by atoms with E-state index in [1.54, 1.807) is 25.1 Å². The highest BCUT2D eigenvalue weighted by Gasteiger charge is 2.17. The predicted octanol–water partition coefficient (Wildman–Crippen LogP) is 2.04. The Labute approximate surface area is 120 Å². The van der Waals surface area contributed by atoms with Crippen LogP contribution in [0.5, 0.6) is 0 Å². The lowest BCUT2D eigenvalue weighted by Crippen LogP contribution is -2.23. The number of anilines is 2. The van der Waals surface area contributed by atoms with Gasteiger partial charge >= 0.3 is 5.97 Å². The highest BCUT2D eigenvalue weighted by molar-refractivity contribution is 5.99. The van der Waals surface area contributed by atoms with Crippen molar-refractivity contribution in [2.45, 2.75) is 26.2 Å². The fourth-order valence-electron chi connectivity index (χ4n) is 2.11. The van der Waals surface area contributed by atoms with E-state index in [4.69, 9.17) is 15.6 Å². The van der Waals surface area contributed by atoms with Gasteiger partial charge in [0.15, 0.2) is 0 Å². The number of aliphatic hydroxyl groups excluding tert-OH is 1. The van der Waals surface area contributed by atoms with E-state index < -0.39 is 0 Å². The predicted molar refractivity (Wildman–Crippen MR) is 81.0 cm³/mol. The maximum Gasteiger partial charge on any atom is 0.340 e. The van der Waals surface area contributed by atoms with Crippen molar-refractivity contribution in [3.63, 3.8) is 0 Å². The molecule has 1 aromatic rings. The first-order valence-electron chi connectivity index (χ1n) is 6.99. The third kappa shape index (κ3) is 4.42. The summed E-state index contributed by atoms with van der Waals surface area (Å²) in [5, 5.41) is 8.77. The highest BCUT2D eigenvalue weighted by atomic mass is 16.5. The Morgan fingerprint density at radius 2 is 2.10 bits per heavy atom. The van der Waals surface area contributed by atoms with E-state index in [0.717, 1.165) is 31.5 Å². The van der Waals surface area contributed by atoms with Gasteiger partial charge in [-0.3, -0.25) is 0 Å². The Kier molecular flexibility index (Phi) is 6.87. The molecule has 1 rings (SSSR count). The SMILES string of the molecule is CCOC(=O)c1cccc(N)c1N(C)CCCCCO.